The fourth-order valence-corrected chi connectivity index (χ4v) is 2.64. The highest BCUT2D eigenvalue weighted by atomic mass is 16.2. The van der Waals surface area contributed by atoms with Crippen molar-refractivity contribution < 1.29 is 4.79 Å². The van der Waals surface area contributed by atoms with Gasteiger partial charge in [-0.2, -0.15) is 20.4 Å². The molecule has 0 unspecified atom stereocenters. The van der Waals surface area contributed by atoms with Gasteiger partial charge in [0.25, 0.3) is 0 Å². The maximum absolute atomic E-state index is 12.4. The number of urea groups is 1. The topological polar surface area (TPSA) is 193 Å². The minimum Gasteiger partial charge on any atom is -0.324 e. The van der Waals surface area contributed by atoms with Gasteiger partial charge in [-0.3, -0.25) is 10.9 Å². The van der Waals surface area contributed by atoms with E-state index in [1.165, 1.54) is 0 Å². The van der Waals surface area contributed by atoms with Crippen molar-refractivity contribution in [2.75, 3.05) is 17.2 Å². The van der Waals surface area contributed by atoms with Crippen molar-refractivity contribution in [1.29, 1.82) is 0 Å². The highest BCUT2D eigenvalue weighted by molar-refractivity contribution is 6.03. The summed E-state index contributed by atoms with van der Waals surface area (Å²) < 4.78 is 0. The second-order valence-corrected chi connectivity index (χ2v) is 7.06. The smallest absolute Gasteiger partial charge is 0.323 e. The van der Waals surface area contributed by atoms with Gasteiger partial charge in [0.2, 0.25) is 0 Å². The number of amides is 2. The minimum absolute atomic E-state index is 0.155. The Morgan fingerprint density at radius 1 is 0.765 bits per heavy atom. The van der Waals surface area contributed by atoms with E-state index in [4.69, 9.17) is 17.4 Å². The molecule has 12 nitrogen and oxygen atoms in total. The molecule has 0 saturated heterocycles. The second-order valence-electron chi connectivity index (χ2n) is 7.06. The Morgan fingerprint density at radius 3 is 1.53 bits per heavy atom. The van der Waals surface area contributed by atoms with Gasteiger partial charge in [-0.15, -0.1) is 0 Å². The molecular weight excluding hydrogens is 434 g/mol. The summed E-state index contributed by atoms with van der Waals surface area (Å²) >= 11 is 0. The largest absolute Gasteiger partial charge is 0.324 e. The molecule has 2 aromatic rings. The highest BCUT2D eigenvalue weighted by Crippen LogP contribution is 2.13. The molecule has 34 heavy (non-hydrogen) atoms. The number of rotatable bonds is 8. The van der Waals surface area contributed by atoms with Crippen LogP contribution < -0.4 is 38.9 Å². The number of nitrogens with zero attached hydrogens (tertiary/aromatic N) is 4. The van der Waals surface area contributed by atoms with Gasteiger partial charge in [-0.1, -0.05) is 31.2 Å². The van der Waals surface area contributed by atoms with E-state index in [0.29, 0.717) is 35.2 Å². The zero-order valence-corrected chi connectivity index (χ0v) is 19.5. The number of hydrogen-bond acceptors (Lipinski definition) is 8. The Morgan fingerprint density at radius 2 is 1.18 bits per heavy atom. The van der Waals surface area contributed by atoms with E-state index in [9.17, 15) is 4.79 Å². The predicted molar refractivity (Wildman–Crippen MR) is 139 cm³/mol. The first kappa shape index (κ1) is 25.8. The summed E-state index contributed by atoms with van der Waals surface area (Å²) in [5, 5.41) is 21.1. The molecule has 2 rings (SSSR count). The molecule has 0 atom stereocenters. The number of hydrazone groups is 4. The van der Waals surface area contributed by atoms with Crippen molar-refractivity contribution in [1.82, 2.24) is 10.9 Å². The van der Waals surface area contributed by atoms with Crippen molar-refractivity contribution in [2.45, 2.75) is 27.2 Å². The monoisotopic (exact) mass is 465 g/mol. The Labute approximate surface area is 198 Å². The van der Waals surface area contributed by atoms with Gasteiger partial charge >= 0.3 is 6.03 Å². The number of nitrogens with one attached hydrogen (secondary N) is 4. The molecule has 0 heterocycles. The van der Waals surface area contributed by atoms with Crippen LogP contribution in [0, 0.1) is 0 Å². The second kappa shape index (κ2) is 13.2. The minimum atomic E-state index is -0.363. The lowest BCUT2D eigenvalue weighted by atomic mass is 10.1. The molecule has 12 heteroatoms. The van der Waals surface area contributed by atoms with Crippen LogP contribution in [0.25, 0.3) is 0 Å². The van der Waals surface area contributed by atoms with Crippen LogP contribution in [-0.4, -0.2) is 35.7 Å². The van der Waals surface area contributed by atoms with Crippen LogP contribution >= 0.6 is 0 Å². The third-order valence-corrected chi connectivity index (χ3v) is 4.67. The van der Waals surface area contributed by atoms with Gasteiger partial charge in [-0.25, -0.2) is 4.79 Å². The molecule has 2 amide bonds. The van der Waals surface area contributed by atoms with Crippen molar-refractivity contribution in [3.05, 3.63) is 59.7 Å². The summed E-state index contributed by atoms with van der Waals surface area (Å²) in [6.07, 6.45) is 0.651. The Hall–Kier alpha value is -4.45. The fourth-order valence-electron chi connectivity index (χ4n) is 2.64. The van der Waals surface area contributed by atoms with Crippen LogP contribution in [0.2, 0.25) is 0 Å². The summed E-state index contributed by atoms with van der Waals surface area (Å²) in [5.74, 6) is 11.4. The molecule has 0 aromatic heterocycles. The Bertz CT molecular complexity index is 986. The molecule has 0 spiro atoms. The van der Waals surface area contributed by atoms with E-state index in [-0.39, 0.29) is 12.6 Å². The highest BCUT2D eigenvalue weighted by Gasteiger charge is 2.05. The normalized spacial score (nSPS) is 12.8. The molecular formula is C22H31N11O. The van der Waals surface area contributed by atoms with E-state index in [1.807, 2.05) is 45.0 Å². The molecule has 0 aliphatic carbocycles. The average molecular weight is 466 g/mol. The number of nitrogens with two attached hydrogens (primary N) is 3. The summed E-state index contributed by atoms with van der Waals surface area (Å²) in [5.41, 5.74) is 15.5. The van der Waals surface area contributed by atoms with E-state index in [0.717, 1.165) is 16.8 Å². The van der Waals surface area contributed by atoms with E-state index in [1.54, 1.807) is 24.3 Å². The van der Waals surface area contributed by atoms with E-state index < -0.39 is 0 Å². The summed E-state index contributed by atoms with van der Waals surface area (Å²) in [4.78, 5) is 12.4. The Balaban J connectivity index is 1.93. The molecule has 0 fully saturated rings. The Kier molecular flexibility index (Phi) is 10.0. The third kappa shape index (κ3) is 7.91. The quantitative estimate of drug-likeness (QED) is 0.135. The van der Waals surface area contributed by atoms with Gasteiger partial charge < -0.3 is 28.1 Å². The zero-order chi connectivity index (χ0) is 24.9. The SMILES string of the molecule is CC/C(=N/N)N/N=C(\C)c1ccc(NC(=O)Nc2ccc(/C(C)=N/N/C(CN)=N\N)cc2)cc1. The summed E-state index contributed by atoms with van der Waals surface area (Å²) in [7, 11) is 0. The lowest BCUT2D eigenvalue weighted by Crippen LogP contribution is -2.28. The van der Waals surface area contributed by atoms with Crippen LogP contribution in [0.1, 0.15) is 38.3 Å². The lowest BCUT2D eigenvalue weighted by Gasteiger charge is -2.10. The average Bonchev–Trinajstić information content (AvgIpc) is 2.85. The number of carbonyl (C=O) groups excluding carboxylic acids is 1. The van der Waals surface area contributed by atoms with Gasteiger partial charge in [-0.05, 0) is 49.2 Å². The predicted octanol–water partition coefficient (Wildman–Crippen LogP) is 1.87. The van der Waals surface area contributed by atoms with Gasteiger partial charge in [0.15, 0.2) is 5.84 Å². The van der Waals surface area contributed by atoms with Crippen LogP contribution in [0.5, 0.6) is 0 Å². The number of amidine groups is 2. The molecule has 0 saturated carbocycles. The summed E-state index contributed by atoms with van der Waals surface area (Å²) in [6, 6.07) is 14.2. The fraction of sp³-hybridized carbons (Fsp3) is 0.227. The van der Waals surface area contributed by atoms with Gasteiger partial charge in [0.1, 0.15) is 5.84 Å². The van der Waals surface area contributed by atoms with Gasteiger partial charge in [0, 0.05) is 17.8 Å². The van der Waals surface area contributed by atoms with Gasteiger partial charge in [0.05, 0.1) is 18.0 Å². The number of anilines is 2. The molecule has 0 aliphatic heterocycles. The van der Waals surface area contributed by atoms with Crippen molar-refractivity contribution >= 4 is 40.5 Å². The lowest BCUT2D eigenvalue weighted by molar-refractivity contribution is 0.262. The molecule has 0 aliphatic rings. The summed E-state index contributed by atoms with van der Waals surface area (Å²) in [6.45, 7) is 5.77. The van der Waals surface area contributed by atoms with Crippen LogP contribution in [0.15, 0.2) is 68.9 Å². The molecule has 0 radical (unpaired) electrons. The molecule has 10 N–H and O–H groups in total. The number of carbonyl (C=O) groups is 1. The standard InChI is InChI=1S/C22H31N11O/c1-4-20(28-24)32-30-14(2)16-5-9-18(10-6-16)26-22(34)27-19-11-7-17(8-12-19)15(3)31-33-21(13-23)29-25/h5-12H,4,13,23-25H2,1-3H3,(H,28,32)(H,29,33)(H2,26,27,34)/b30-14+,31-15+. The first-order valence-electron chi connectivity index (χ1n) is 10.5. The number of hydrogen-bond donors (Lipinski definition) is 7. The first-order valence-corrected chi connectivity index (χ1v) is 10.5. The maximum Gasteiger partial charge on any atom is 0.323 e. The van der Waals surface area contributed by atoms with Crippen LogP contribution in [0.3, 0.4) is 0 Å². The third-order valence-electron chi connectivity index (χ3n) is 4.67. The number of benzene rings is 2. The molecule has 180 valence electrons. The maximum atomic E-state index is 12.4. The first-order chi connectivity index (χ1) is 16.4. The van der Waals surface area contributed by atoms with E-state index in [2.05, 4.69) is 41.9 Å². The zero-order valence-electron chi connectivity index (χ0n) is 19.5. The van der Waals surface area contributed by atoms with E-state index >= 15 is 0 Å². The van der Waals surface area contributed by atoms with Crippen molar-refractivity contribution in [2.24, 2.45) is 37.8 Å². The molecule has 2 aromatic carbocycles. The van der Waals surface area contributed by atoms with Crippen molar-refractivity contribution in [3.8, 4) is 0 Å². The van der Waals surface area contributed by atoms with Crippen molar-refractivity contribution in [3.63, 3.8) is 0 Å². The molecule has 0 bridgehead atoms. The van der Waals surface area contributed by atoms with Crippen LogP contribution in [0.4, 0.5) is 16.2 Å². The van der Waals surface area contributed by atoms with Crippen LogP contribution in [-0.2, 0) is 0 Å².